The van der Waals surface area contributed by atoms with Gasteiger partial charge >= 0.3 is 5.97 Å². The van der Waals surface area contributed by atoms with Crippen LogP contribution in [0.2, 0.25) is 0 Å². The molecule has 1 aliphatic heterocycles. The van der Waals surface area contributed by atoms with Gasteiger partial charge in [-0.1, -0.05) is 0 Å². The molecule has 2 N–H and O–H groups in total. The van der Waals surface area contributed by atoms with Crippen LogP contribution in [0.5, 0.6) is 0 Å². The first-order valence-corrected chi connectivity index (χ1v) is 6.86. The molecule has 0 spiro atoms. The Labute approximate surface area is 112 Å². The number of carbonyl (C=O) groups is 3. The number of carbonyl (C=O) groups excluding carboxylic acids is 2. The molecular formula is C13H20N2O4. The lowest BCUT2D eigenvalue weighted by molar-refractivity contribution is -0.141. The summed E-state index contributed by atoms with van der Waals surface area (Å²) in [4.78, 5) is 36.2. The van der Waals surface area contributed by atoms with E-state index in [1.165, 1.54) is 0 Å². The van der Waals surface area contributed by atoms with Crippen molar-refractivity contribution in [3.8, 4) is 0 Å². The van der Waals surface area contributed by atoms with Crippen molar-refractivity contribution in [1.82, 2.24) is 10.2 Å². The molecule has 2 amide bonds. The van der Waals surface area contributed by atoms with Crippen LogP contribution in [-0.4, -0.2) is 47.4 Å². The fourth-order valence-electron chi connectivity index (χ4n) is 2.83. The Bertz CT molecular complexity index is 377. The lowest BCUT2D eigenvalue weighted by Crippen LogP contribution is -2.40. The fourth-order valence-corrected chi connectivity index (χ4v) is 2.83. The molecule has 106 valence electrons. The number of carboxylic acid groups (broad SMARTS) is 1. The summed E-state index contributed by atoms with van der Waals surface area (Å²) < 4.78 is 0. The van der Waals surface area contributed by atoms with Crippen molar-refractivity contribution in [3.05, 3.63) is 0 Å². The fraction of sp³-hybridized carbons (Fsp3) is 0.769. The molecule has 2 atom stereocenters. The molecule has 2 rings (SSSR count). The van der Waals surface area contributed by atoms with Crippen LogP contribution < -0.4 is 5.32 Å². The third-order valence-corrected chi connectivity index (χ3v) is 4.03. The normalized spacial score (nSPS) is 26.4. The Hall–Kier alpha value is -1.59. The van der Waals surface area contributed by atoms with Gasteiger partial charge in [0, 0.05) is 19.0 Å². The highest BCUT2D eigenvalue weighted by Crippen LogP contribution is 2.31. The minimum atomic E-state index is -0.830. The second-order valence-corrected chi connectivity index (χ2v) is 5.35. The molecule has 1 aliphatic carbocycles. The van der Waals surface area contributed by atoms with Crippen molar-refractivity contribution >= 4 is 17.8 Å². The quantitative estimate of drug-likeness (QED) is 0.764. The van der Waals surface area contributed by atoms with Gasteiger partial charge in [-0.25, -0.2) is 0 Å². The topological polar surface area (TPSA) is 86.7 Å². The van der Waals surface area contributed by atoms with E-state index in [-0.39, 0.29) is 24.3 Å². The van der Waals surface area contributed by atoms with Gasteiger partial charge in [0.05, 0.1) is 12.5 Å². The number of rotatable bonds is 4. The lowest BCUT2D eigenvalue weighted by Gasteiger charge is -2.16. The van der Waals surface area contributed by atoms with Crippen LogP contribution in [0.1, 0.15) is 32.1 Å². The predicted octanol–water partition coefficient (Wildman–Crippen LogP) is 0.226. The van der Waals surface area contributed by atoms with Gasteiger partial charge in [-0.15, -0.1) is 0 Å². The molecule has 1 saturated carbocycles. The first-order chi connectivity index (χ1) is 9.08. The first kappa shape index (κ1) is 13.8. The van der Waals surface area contributed by atoms with E-state index in [9.17, 15) is 14.4 Å². The van der Waals surface area contributed by atoms with Gasteiger partial charge in [-0.05, 0) is 32.1 Å². The molecule has 2 aliphatic rings. The molecule has 0 aromatic heterocycles. The molecule has 2 unspecified atom stereocenters. The number of nitrogens with one attached hydrogen (secondary N) is 1. The maximum atomic E-state index is 11.9. The van der Waals surface area contributed by atoms with Crippen molar-refractivity contribution in [3.63, 3.8) is 0 Å². The Kier molecular flexibility index (Phi) is 4.39. The summed E-state index contributed by atoms with van der Waals surface area (Å²) in [6, 6.07) is 0. The Balaban J connectivity index is 1.72. The zero-order chi connectivity index (χ0) is 13.8. The molecule has 0 bridgehead atoms. The molecule has 2 fully saturated rings. The van der Waals surface area contributed by atoms with Crippen LogP contribution in [0, 0.1) is 11.8 Å². The molecule has 1 saturated heterocycles. The molecule has 6 heteroatoms. The van der Waals surface area contributed by atoms with E-state index >= 15 is 0 Å². The minimum absolute atomic E-state index is 0.0348. The van der Waals surface area contributed by atoms with E-state index in [1.54, 1.807) is 4.90 Å². The number of aliphatic carboxylic acids is 1. The molecule has 0 aromatic carbocycles. The molecule has 0 aromatic rings. The summed E-state index contributed by atoms with van der Waals surface area (Å²) >= 11 is 0. The van der Waals surface area contributed by atoms with Gasteiger partial charge in [0.2, 0.25) is 11.8 Å². The maximum absolute atomic E-state index is 11.9. The number of nitrogens with zero attached hydrogens (tertiary/aromatic N) is 1. The Morgan fingerprint density at radius 1 is 1.11 bits per heavy atom. The number of amides is 2. The van der Waals surface area contributed by atoms with Crippen molar-refractivity contribution in [2.24, 2.45) is 11.8 Å². The van der Waals surface area contributed by atoms with Crippen LogP contribution in [0.25, 0.3) is 0 Å². The van der Waals surface area contributed by atoms with Crippen LogP contribution in [0.4, 0.5) is 0 Å². The number of carboxylic acids is 1. The summed E-state index contributed by atoms with van der Waals surface area (Å²) in [5.41, 5.74) is 0. The summed E-state index contributed by atoms with van der Waals surface area (Å²) in [6.45, 7) is 1.59. The lowest BCUT2D eigenvalue weighted by atomic mass is 10.0. The second-order valence-electron chi connectivity index (χ2n) is 5.35. The molecule has 6 nitrogen and oxygen atoms in total. The third kappa shape index (κ3) is 3.45. The van der Waals surface area contributed by atoms with Gasteiger partial charge in [-0.3, -0.25) is 14.4 Å². The van der Waals surface area contributed by atoms with Gasteiger partial charge in [0.1, 0.15) is 0 Å². The van der Waals surface area contributed by atoms with Gasteiger partial charge in [0.25, 0.3) is 0 Å². The summed E-state index contributed by atoms with van der Waals surface area (Å²) in [5, 5.41) is 11.5. The minimum Gasteiger partial charge on any atom is -0.481 e. The Morgan fingerprint density at radius 3 is 2.32 bits per heavy atom. The monoisotopic (exact) mass is 268 g/mol. The maximum Gasteiger partial charge on any atom is 0.306 e. The van der Waals surface area contributed by atoms with Crippen molar-refractivity contribution < 1.29 is 19.5 Å². The molecule has 0 radical (unpaired) electrons. The van der Waals surface area contributed by atoms with E-state index in [0.717, 1.165) is 25.9 Å². The van der Waals surface area contributed by atoms with Crippen molar-refractivity contribution in [2.75, 3.05) is 19.6 Å². The summed E-state index contributed by atoms with van der Waals surface area (Å²) in [5.74, 6) is -1.73. The zero-order valence-corrected chi connectivity index (χ0v) is 10.9. The highest BCUT2D eigenvalue weighted by molar-refractivity contribution is 5.86. The van der Waals surface area contributed by atoms with E-state index in [0.29, 0.717) is 19.3 Å². The van der Waals surface area contributed by atoms with E-state index in [4.69, 9.17) is 5.11 Å². The average Bonchev–Trinajstić information content (AvgIpc) is 3.05. The zero-order valence-electron chi connectivity index (χ0n) is 10.9. The predicted molar refractivity (Wildman–Crippen MR) is 67.3 cm³/mol. The molecule has 19 heavy (non-hydrogen) atoms. The standard InChI is InChI=1S/C13H20N2O4/c16-11(15-5-1-2-6-15)8-14-12(17)9-3-4-10(7-9)13(18)19/h9-10H,1-8H2,(H,14,17)(H,18,19). The largest absolute Gasteiger partial charge is 0.481 e. The Morgan fingerprint density at radius 2 is 1.74 bits per heavy atom. The summed E-state index contributed by atoms with van der Waals surface area (Å²) in [6.07, 6.45) is 3.60. The number of hydrogen-bond acceptors (Lipinski definition) is 3. The smallest absolute Gasteiger partial charge is 0.306 e. The third-order valence-electron chi connectivity index (χ3n) is 4.03. The van der Waals surface area contributed by atoms with Crippen molar-refractivity contribution in [1.29, 1.82) is 0 Å². The van der Waals surface area contributed by atoms with Crippen LogP contribution >= 0.6 is 0 Å². The summed E-state index contributed by atoms with van der Waals surface area (Å²) in [7, 11) is 0. The van der Waals surface area contributed by atoms with Crippen LogP contribution in [-0.2, 0) is 14.4 Å². The van der Waals surface area contributed by atoms with Crippen LogP contribution in [0.15, 0.2) is 0 Å². The van der Waals surface area contributed by atoms with Crippen LogP contribution in [0.3, 0.4) is 0 Å². The molecule has 1 heterocycles. The second kappa shape index (κ2) is 6.04. The SMILES string of the molecule is O=C(O)C1CCC(C(=O)NCC(=O)N2CCCC2)C1. The van der Waals surface area contributed by atoms with Crippen molar-refractivity contribution in [2.45, 2.75) is 32.1 Å². The van der Waals surface area contributed by atoms with E-state index in [1.807, 2.05) is 0 Å². The average molecular weight is 268 g/mol. The molecular weight excluding hydrogens is 248 g/mol. The first-order valence-electron chi connectivity index (χ1n) is 6.86. The van der Waals surface area contributed by atoms with Gasteiger partial charge < -0.3 is 15.3 Å². The van der Waals surface area contributed by atoms with Gasteiger partial charge in [-0.2, -0.15) is 0 Å². The number of likely N-dealkylation sites (tertiary alicyclic amines) is 1. The highest BCUT2D eigenvalue weighted by atomic mass is 16.4. The van der Waals surface area contributed by atoms with E-state index in [2.05, 4.69) is 5.32 Å². The van der Waals surface area contributed by atoms with E-state index < -0.39 is 11.9 Å². The number of hydrogen-bond donors (Lipinski definition) is 2. The highest BCUT2D eigenvalue weighted by Gasteiger charge is 2.34. The van der Waals surface area contributed by atoms with Gasteiger partial charge in [0.15, 0.2) is 0 Å².